The second-order valence-electron chi connectivity index (χ2n) is 13.1. The molecule has 1 saturated carbocycles. The highest BCUT2D eigenvalue weighted by molar-refractivity contribution is 6.38. The van der Waals surface area contributed by atoms with Crippen LogP contribution in [0.25, 0.3) is 0 Å². The normalized spacial score (nSPS) is 13.8. The molecule has 2 aromatic carbocycles. The fourth-order valence-electron chi connectivity index (χ4n) is 5.71. The Morgan fingerprint density at radius 2 is 1.51 bits per heavy atom. The van der Waals surface area contributed by atoms with E-state index in [9.17, 15) is 28.8 Å². The number of amides is 4. The summed E-state index contributed by atoms with van der Waals surface area (Å²) in [5, 5.41) is 16.4. The van der Waals surface area contributed by atoms with E-state index in [2.05, 4.69) is 16.0 Å². The lowest BCUT2D eigenvalue weighted by Gasteiger charge is -2.30. The lowest BCUT2D eigenvalue weighted by atomic mass is 10.0. The van der Waals surface area contributed by atoms with E-state index in [0.29, 0.717) is 30.8 Å². The molecule has 13 nitrogen and oxygen atoms in total. The maximum absolute atomic E-state index is 13.3. The van der Waals surface area contributed by atoms with Crippen LogP contribution in [0.4, 0.5) is 0 Å². The number of carbonyl (C=O) groups is 6. The molecular formula is C40H58N4O9. The Labute approximate surface area is 313 Å². The van der Waals surface area contributed by atoms with Gasteiger partial charge in [-0.1, -0.05) is 101 Å². The number of likely N-dealkylation sites (N-methyl/N-ethyl adjacent to an activating group) is 1. The molecule has 2 aromatic rings. The predicted octanol–water partition coefficient (Wildman–Crippen LogP) is 3.79. The van der Waals surface area contributed by atoms with E-state index in [1.54, 1.807) is 62.4 Å². The Balaban J connectivity index is 0.00000146. The third-order valence-electron chi connectivity index (χ3n) is 8.66. The average Bonchev–Trinajstić information content (AvgIpc) is 3.17. The van der Waals surface area contributed by atoms with Crippen LogP contribution in [0.1, 0.15) is 96.1 Å². The first-order chi connectivity index (χ1) is 25.5. The summed E-state index contributed by atoms with van der Waals surface area (Å²) in [4.78, 5) is 77.9. The number of Topliss-reactive ketones (excluding diaryl/α,β-unsaturated/α-hetero) is 1. The van der Waals surface area contributed by atoms with Gasteiger partial charge in [-0.05, 0) is 43.0 Å². The zero-order chi connectivity index (χ0) is 39.0. The summed E-state index contributed by atoms with van der Waals surface area (Å²) in [6, 6.07) is 12.8. The smallest absolute Gasteiger partial charge is 0.325 e. The predicted molar refractivity (Wildman–Crippen MR) is 201 cm³/mol. The summed E-state index contributed by atoms with van der Waals surface area (Å²) in [5.74, 6) is -3.71. The van der Waals surface area contributed by atoms with E-state index in [-0.39, 0.29) is 32.5 Å². The summed E-state index contributed by atoms with van der Waals surface area (Å²) in [7, 11) is 1.43. The van der Waals surface area contributed by atoms with Gasteiger partial charge in [-0.25, -0.2) is 0 Å². The molecular weight excluding hydrogens is 680 g/mol. The highest BCUT2D eigenvalue weighted by Gasteiger charge is 2.33. The quantitative estimate of drug-likeness (QED) is 0.0894. The Hall–Kier alpha value is -4.78. The fraction of sp³-hybridized carbons (Fsp3) is 0.550. The van der Waals surface area contributed by atoms with E-state index in [1.807, 2.05) is 6.07 Å². The van der Waals surface area contributed by atoms with Gasteiger partial charge in [0.2, 0.25) is 23.5 Å². The number of aliphatic hydroxyl groups excluding tert-OH is 1. The van der Waals surface area contributed by atoms with E-state index >= 15 is 0 Å². The van der Waals surface area contributed by atoms with Gasteiger partial charge >= 0.3 is 5.97 Å². The van der Waals surface area contributed by atoms with Crippen molar-refractivity contribution in [3.8, 4) is 5.75 Å². The molecule has 0 radical (unpaired) electrons. The third-order valence-corrected chi connectivity index (χ3v) is 8.66. The van der Waals surface area contributed by atoms with Crippen molar-refractivity contribution in [2.24, 2.45) is 0 Å². The minimum Gasteiger partial charge on any atom is -0.493 e. The molecule has 0 bridgehead atoms. The molecule has 0 heterocycles. The second-order valence-corrected chi connectivity index (χ2v) is 13.1. The van der Waals surface area contributed by atoms with Crippen LogP contribution in [0.15, 0.2) is 54.6 Å². The summed E-state index contributed by atoms with van der Waals surface area (Å²) < 4.78 is 10.7. The van der Waals surface area contributed by atoms with Crippen LogP contribution in [0.2, 0.25) is 0 Å². The fourth-order valence-corrected chi connectivity index (χ4v) is 5.71. The topological polar surface area (TPSA) is 180 Å². The first-order valence-electron chi connectivity index (χ1n) is 18.7. The molecule has 0 saturated heterocycles. The molecule has 292 valence electrons. The van der Waals surface area contributed by atoms with Crippen LogP contribution in [0, 0.1) is 0 Å². The maximum atomic E-state index is 13.3. The summed E-state index contributed by atoms with van der Waals surface area (Å²) in [5.41, 5.74) is 1.44. The summed E-state index contributed by atoms with van der Waals surface area (Å²) in [6.45, 7) is 4.82. The van der Waals surface area contributed by atoms with Gasteiger partial charge in [-0.15, -0.1) is 0 Å². The number of ketones is 1. The number of rotatable bonds is 20. The number of ether oxygens (including phenoxy) is 2. The number of esters is 1. The molecule has 1 aliphatic rings. The number of nitrogens with one attached hydrogen (secondary N) is 3. The van der Waals surface area contributed by atoms with Gasteiger partial charge in [0.1, 0.15) is 31.0 Å². The maximum Gasteiger partial charge on any atom is 0.325 e. The molecule has 3 rings (SSSR count). The molecule has 4 amide bonds. The third kappa shape index (κ3) is 17.1. The van der Waals surface area contributed by atoms with E-state index in [0.717, 1.165) is 5.56 Å². The molecule has 1 aliphatic carbocycles. The molecule has 13 heteroatoms. The van der Waals surface area contributed by atoms with Crippen molar-refractivity contribution in [2.45, 2.75) is 116 Å². The molecule has 3 unspecified atom stereocenters. The Morgan fingerprint density at radius 3 is 2.11 bits per heavy atom. The Kier molecular flexibility index (Phi) is 21.1. The van der Waals surface area contributed by atoms with Crippen molar-refractivity contribution in [3.05, 3.63) is 65.7 Å². The van der Waals surface area contributed by atoms with Gasteiger partial charge in [0, 0.05) is 20.1 Å². The van der Waals surface area contributed by atoms with Crippen LogP contribution in [0.5, 0.6) is 5.75 Å². The second kappa shape index (κ2) is 25.2. The van der Waals surface area contributed by atoms with Crippen LogP contribution in [0.3, 0.4) is 0 Å². The van der Waals surface area contributed by atoms with Gasteiger partial charge in [0.15, 0.2) is 0 Å². The molecule has 4 N–H and O–H groups in total. The number of hydrogen-bond donors (Lipinski definition) is 4. The molecule has 0 aliphatic heterocycles. The Morgan fingerprint density at radius 1 is 0.868 bits per heavy atom. The minimum atomic E-state index is -1.18. The number of benzene rings is 2. The number of hydrogen-bond acceptors (Lipinski definition) is 9. The lowest BCUT2D eigenvalue weighted by molar-refractivity contribution is -0.147. The average molecular weight is 739 g/mol. The highest BCUT2D eigenvalue weighted by Crippen LogP contribution is 2.16. The lowest BCUT2D eigenvalue weighted by Crippen LogP contribution is -2.56. The number of carbonyl (C=O) groups excluding carboxylic acids is 6. The summed E-state index contributed by atoms with van der Waals surface area (Å²) in [6.07, 6.45) is 10.3. The van der Waals surface area contributed by atoms with E-state index in [4.69, 9.17) is 14.6 Å². The highest BCUT2D eigenvalue weighted by atomic mass is 16.5. The van der Waals surface area contributed by atoms with Crippen molar-refractivity contribution in [1.82, 2.24) is 20.9 Å². The molecule has 0 spiro atoms. The zero-order valence-corrected chi connectivity index (χ0v) is 31.7. The van der Waals surface area contributed by atoms with Crippen molar-refractivity contribution in [2.75, 3.05) is 26.8 Å². The molecule has 0 aromatic heterocycles. The molecule has 1 fully saturated rings. The van der Waals surface area contributed by atoms with Crippen LogP contribution >= 0.6 is 0 Å². The zero-order valence-electron chi connectivity index (χ0n) is 31.7. The molecule has 3 atom stereocenters. The van der Waals surface area contributed by atoms with Gasteiger partial charge in [0.05, 0.1) is 19.1 Å². The first-order valence-corrected chi connectivity index (χ1v) is 18.7. The minimum absolute atomic E-state index is 0.00713. The van der Waals surface area contributed by atoms with Crippen LogP contribution in [-0.2, 0) is 46.5 Å². The number of aliphatic hydroxyl groups is 1. The van der Waals surface area contributed by atoms with Gasteiger partial charge in [-0.2, -0.15) is 0 Å². The van der Waals surface area contributed by atoms with Crippen molar-refractivity contribution >= 4 is 35.4 Å². The van der Waals surface area contributed by atoms with Crippen molar-refractivity contribution in [3.63, 3.8) is 0 Å². The van der Waals surface area contributed by atoms with E-state index in [1.165, 1.54) is 57.4 Å². The standard InChI is InChI=1S/C34H46N4O9.C6H12/c1-5-12-27(31(42)33(44)35-21-30(41)47-22-24-13-8-7-9-14-24)37-32(43)28(6-2)38(4)34(45)23(3)36-29(40)20-25-15-10-16-26(19-25)46-18-11-17-39;1-2-4-6-5-3-1/h7-10,13-16,19,23,27-28,39H,5-6,11-12,17-18,20-22H2,1-4H3,(H,35,44)(H,36,40)(H,37,43);1-6H2. The largest absolute Gasteiger partial charge is 0.493 e. The van der Waals surface area contributed by atoms with Gasteiger partial charge in [-0.3, -0.25) is 28.8 Å². The van der Waals surface area contributed by atoms with E-state index < -0.39 is 60.1 Å². The van der Waals surface area contributed by atoms with Crippen molar-refractivity contribution in [1.29, 1.82) is 0 Å². The monoisotopic (exact) mass is 738 g/mol. The molecule has 53 heavy (non-hydrogen) atoms. The Bertz CT molecular complexity index is 1440. The van der Waals surface area contributed by atoms with Gasteiger partial charge in [0.25, 0.3) is 5.91 Å². The van der Waals surface area contributed by atoms with Crippen LogP contribution < -0.4 is 20.7 Å². The van der Waals surface area contributed by atoms with Crippen molar-refractivity contribution < 1.29 is 43.3 Å². The van der Waals surface area contributed by atoms with Gasteiger partial charge < -0.3 is 35.4 Å². The summed E-state index contributed by atoms with van der Waals surface area (Å²) >= 11 is 0. The van der Waals surface area contributed by atoms with Crippen LogP contribution in [-0.4, -0.2) is 90.3 Å². The first kappa shape index (κ1) is 44.4. The SMILES string of the molecule is C1CCCCC1.CCCC(NC(=O)C(CC)N(C)C(=O)C(C)NC(=O)Cc1cccc(OCCCO)c1)C(=O)C(=O)NCC(=O)OCc1ccccc1. The number of nitrogens with zero attached hydrogens (tertiary/aromatic N) is 1.